The number of halogens is 2. The molecule has 10 heteroatoms. The standard InChI is InChI=1S/C25H27F2N5O3/c26-16-10-18-15-3-5-17(6-4-15)34-13-22-20(31-25-21(12-28)29-7-8-30-25)2-1-9-32(22)23(33)14-35-24(18)19(27)11-16/h7-8,10-11,15,17,20,22H,1-6,9,13-14H2,(H,30,31)/t15?,17?,20-,22-/m0/s1. The Balaban J connectivity index is 1.44. The minimum atomic E-state index is -0.789. The number of aromatic nitrogens is 2. The molecular weight excluding hydrogens is 456 g/mol. The molecule has 0 unspecified atom stereocenters. The number of amides is 1. The van der Waals surface area contributed by atoms with Crippen molar-refractivity contribution in [3.05, 3.63) is 47.4 Å². The van der Waals surface area contributed by atoms with E-state index in [1.54, 1.807) is 4.90 Å². The molecule has 1 amide bonds. The van der Waals surface area contributed by atoms with Crippen molar-refractivity contribution in [2.24, 2.45) is 0 Å². The quantitative estimate of drug-likeness (QED) is 0.697. The van der Waals surface area contributed by atoms with E-state index >= 15 is 0 Å². The van der Waals surface area contributed by atoms with Crippen LogP contribution < -0.4 is 10.1 Å². The van der Waals surface area contributed by atoms with Crippen molar-refractivity contribution in [3.8, 4) is 11.8 Å². The smallest absolute Gasteiger partial charge is 0.260 e. The van der Waals surface area contributed by atoms with Crippen molar-refractivity contribution >= 4 is 11.7 Å². The number of nitrogens with one attached hydrogen (secondary N) is 1. The van der Waals surface area contributed by atoms with E-state index in [1.165, 1.54) is 18.5 Å². The summed E-state index contributed by atoms with van der Waals surface area (Å²) in [6, 6.07) is 3.62. The number of carbonyl (C=O) groups is 1. The third-order valence-corrected chi connectivity index (χ3v) is 7.22. The lowest BCUT2D eigenvalue weighted by Gasteiger charge is -2.42. The molecule has 2 atom stereocenters. The Morgan fingerprint density at radius 3 is 2.71 bits per heavy atom. The van der Waals surface area contributed by atoms with E-state index in [1.807, 2.05) is 6.07 Å². The van der Waals surface area contributed by atoms with Gasteiger partial charge in [-0.1, -0.05) is 0 Å². The fourth-order valence-corrected chi connectivity index (χ4v) is 5.47. The van der Waals surface area contributed by atoms with E-state index in [0.717, 1.165) is 44.6 Å². The summed E-state index contributed by atoms with van der Waals surface area (Å²) in [6.45, 7) is 0.465. The van der Waals surface area contributed by atoms with Crippen LogP contribution >= 0.6 is 0 Å². The highest BCUT2D eigenvalue weighted by Gasteiger charge is 2.37. The SMILES string of the molecule is N#Cc1nccnc1N[C@H]1CCCN2C(=O)COc3c(F)cc(F)cc3C3CCC(CC3)OC[C@@H]12. The third-order valence-electron chi connectivity index (χ3n) is 7.22. The minimum Gasteiger partial charge on any atom is -0.480 e. The maximum Gasteiger partial charge on any atom is 0.260 e. The number of hydrogen-bond donors (Lipinski definition) is 1. The molecule has 2 aromatic rings. The Morgan fingerprint density at radius 1 is 1.11 bits per heavy atom. The van der Waals surface area contributed by atoms with Gasteiger partial charge < -0.3 is 19.7 Å². The van der Waals surface area contributed by atoms with Crippen LogP contribution in [-0.2, 0) is 9.53 Å². The Hall–Kier alpha value is -3.32. The molecule has 35 heavy (non-hydrogen) atoms. The van der Waals surface area contributed by atoms with Crippen LogP contribution in [0.25, 0.3) is 0 Å². The van der Waals surface area contributed by atoms with E-state index < -0.39 is 11.6 Å². The van der Waals surface area contributed by atoms with Crippen LogP contribution in [0.2, 0.25) is 0 Å². The molecule has 8 nitrogen and oxygen atoms in total. The first-order valence-corrected chi connectivity index (χ1v) is 12.0. The first-order valence-electron chi connectivity index (χ1n) is 12.0. The van der Waals surface area contributed by atoms with Crippen LogP contribution in [0.3, 0.4) is 0 Å². The predicted octanol–water partition coefficient (Wildman–Crippen LogP) is 3.53. The van der Waals surface area contributed by atoms with Crippen LogP contribution in [0.1, 0.15) is 55.7 Å². The molecule has 4 aliphatic rings. The number of fused-ring (bicyclic) bond motifs is 5. The zero-order chi connectivity index (χ0) is 24.4. The average molecular weight is 484 g/mol. The molecule has 2 fully saturated rings. The van der Waals surface area contributed by atoms with Crippen LogP contribution in [0, 0.1) is 23.0 Å². The van der Waals surface area contributed by atoms with Gasteiger partial charge in [-0.05, 0) is 50.5 Å². The lowest BCUT2D eigenvalue weighted by molar-refractivity contribution is -0.140. The van der Waals surface area contributed by atoms with Gasteiger partial charge in [0.15, 0.2) is 29.7 Å². The Labute approximate surface area is 202 Å². The predicted molar refractivity (Wildman–Crippen MR) is 122 cm³/mol. The third kappa shape index (κ3) is 4.91. The molecular formula is C25H27F2N5O3. The molecule has 6 rings (SSSR count). The minimum absolute atomic E-state index is 0.000456. The lowest BCUT2D eigenvalue weighted by atomic mass is 9.82. The van der Waals surface area contributed by atoms with Crippen molar-refractivity contribution in [1.82, 2.24) is 14.9 Å². The van der Waals surface area contributed by atoms with Crippen LogP contribution in [0.15, 0.2) is 24.5 Å². The second kappa shape index (κ2) is 10.1. The Morgan fingerprint density at radius 2 is 1.91 bits per heavy atom. The second-order valence-corrected chi connectivity index (χ2v) is 9.31. The molecule has 0 radical (unpaired) electrons. The summed E-state index contributed by atoms with van der Waals surface area (Å²) in [7, 11) is 0. The molecule has 1 aliphatic carbocycles. The number of piperidine rings is 1. The van der Waals surface area contributed by atoms with Crippen molar-refractivity contribution in [3.63, 3.8) is 0 Å². The van der Waals surface area contributed by atoms with Gasteiger partial charge in [0.25, 0.3) is 5.91 Å². The molecule has 1 saturated carbocycles. The van der Waals surface area contributed by atoms with Gasteiger partial charge in [-0.15, -0.1) is 0 Å². The number of nitrogens with zero attached hydrogens (tertiary/aromatic N) is 4. The molecule has 2 bridgehead atoms. The number of anilines is 1. The van der Waals surface area contributed by atoms with Crippen molar-refractivity contribution in [2.75, 3.05) is 25.1 Å². The maximum absolute atomic E-state index is 14.7. The monoisotopic (exact) mass is 483 g/mol. The fourth-order valence-electron chi connectivity index (χ4n) is 5.47. The first kappa shape index (κ1) is 23.4. The molecule has 0 spiro atoms. The number of nitriles is 1. The zero-order valence-corrected chi connectivity index (χ0v) is 19.3. The van der Waals surface area contributed by atoms with E-state index in [4.69, 9.17) is 9.47 Å². The number of carbonyl (C=O) groups excluding carboxylic acids is 1. The van der Waals surface area contributed by atoms with Gasteiger partial charge in [0.2, 0.25) is 0 Å². The first-order chi connectivity index (χ1) is 17.0. The normalized spacial score (nSPS) is 26.8. The van der Waals surface area contributed by atoms with Crippen LogP contribution in [0.4, 0.5) is 14.6 Å². The number of ether oxygens (including phenoxy) is 2. The van der Waals surface area contributed by atoms with E-state index in [0.29, 0.717) is 24.5 Å². The molecule has 3 aliphatic heterocycles. The largest absolute Gasteiger partial charge is 0.480 e. The van der Waals surface area contributed by atoms with Gasteiger partial charge in [-0.3, -0.25) is 4.79 Å². The topological polar surface area (TPSA) is 100 Å². The molecule has 1 aromatic carbocycles. The zero-order valence-electron chi connectivity index (χ0n) is 19.3. The second-order valence-electron chi connectivity index (χ2n) is 9.31. The molecule has 1 N–H and O–H groups in total. The van der Waals surface area contributed by atoms with Gasteiger partial charge in [0.1, 0.15) is 11.9 Å². The summed E-state index contributed by atoms with van der Waals surface area (Å²) in [5, 5.41) is 12.7. The van der Waals surface area contributed by atoms with Gasteiger partial charge >= 0.3 is 0 Å². The highest BCUT2D eigenvalue weighted by Crippen LogP contribution is 2.40. The van der Waals surface area contributed by atoms with E-state index in [-0.39, 0.29) is 48.1 Å². The van der Waals surface area contributed by atoms with Crippen LogP contribution in [0.5, 0.6) is 5.75 Å². The maximum atomic E-state index is 14.7. The summed E-state index contributed by atoms with van der Waals surface area (Å²) in [6.07, 6.45) is 7.40. The number of hydrogen-bond acceptors (Lipinski definition) is 7. The average Bonchev–Trinajstić information content (AvgIpc) is 2.88. The summed E-state index contributed by atoms with van der Waals surface area (Å²) in [5.41, 5.74) is 0.664. The lowest BCUT2D eigenvalue weighted by Crippen LogP contribution is -2.57. The van der Waals surface area contributed by atoms with Gasteiger partial charge in [-0.25, -0.2) is 18.7 Å². The van der Waals surface area contributed by atoms with Gasteiger partial charge in [-0.2, -0.15) is 5.26 Å². The molecule has 4 heterocycles. The summed E-state index contributed by atoms with van der Waals surface area (Å²) in [5.74, 6) is -1.46. The van der Waals surface area contributed by atoms with Crippen molar-refractivity contribution in [1.29, 1.82) is 5.26 Å². The Bertz CT molecular complexity index is 1130. The highest BCUT2D eigenvalue weighted by molar-refractivity contribution is 5.78. The van der Waals surface area contributed by atoms with E-state index in [2.05, 4.69) is 15.3 Å². The molecule has 1 saturated heterocycles. The Kier molecular flexibility index (Phi) is 6.77. The van der Waals surface area contributed by atoms with Crippen molar-refractivity contribution in [2.45, 2.75) is 62.6 Å². The number of benzene rings is 1. The fraction of sp³-hybridized carbons (Fsp3) is 0.520. The number of rotatable bonds is 2. The highest BCUT2D eigenvalue weighted by atomic mass is 19.1. The summed E-state index contributed by atoms with van der Waals surface area (Å²) in [4.78, 5) is 23.3. The van der Waals surface area contributed by atoms with Crippen molar-refractivity contribution < 1.29 is 23.0 Å². The summed E-state index contributed by atoms with van der Waals surface area (Å²) < 4.78 is 40.8. The van der Waals surface area contributed by atoms with Gasteiger partial charge in [0.05, 0.1) is 24.8 Å². The summed E-state index contributed by atoms with van der Waals surface area (Å²) >= 11 is 0. The van der Waals surface area contributed by atoms with E-state index in [9.17, 15) is 18.8 Å². The molecule has 1 aromatic heterocycles. The van der Waals surface area contributed by atoms with Crippen LogP contribution in [-0.4, -0.2) is 58.7 Å². The van der Waals surface area contributed by atoms with Gasteiger partial charge in [0, 0.05) is 30.6 Å². The molecule has 184 valence electrons.